The van der Waals surface area contributed by atoms with Crippen LogP contribution < -0.4 is 4.90 Å². The Labute approximate surface area is 162 Å². The molecule has 0 radical (unpaired) electrons. The third-order valence-electron chi connectivity index (χ3n) is 4.15. The summed E-state index contributed by atoms with van der Waals surface area (Å²) in [5.41, 5.74) is 1.69. The van der Waals surface area contributed by atoms with Crippen molar-refractivity contribution in [2.45, 2.75) is 19.8 Å². The van der Waals surface area contributed by atoms with E-state index < -0.39 is 0 Å². The fraction of sp³-hybridized carbons (Fsp3) is 0.200. The molecule has 7 heteroatoms. The van der Waals surface area contributed by atoms with Crippen molar-refractivity contribution in [3.63, 3.8) is 0 Å². The van der Waals surface area contributed by atoms with E-state index in [0.717, 1.165) is 16.0 Å². The summed E-state index contributed by atoms with van der Waals surface area (Å²) in [4.78, 5) is 1.10. The first-order valence-electron chi connectivity index (χ1n) is 8.58. The zero-order valence-corrected chi connectivity index (χ0v) is 15.8. The van der Waals surface area contributed by atoms with Crippen LogP contribution in [-0.4, -0.2) is 21.4 Å². The predicted octanol–water partition coefficient (Wildman–Crippen LogP) is 3.22. The van der Waals surface area contributed by atoms with Gasteiger partial charge in [-0.1, -0.05) is 18.2 Å². The minimum atomic E-state index is -0.300. The lowest BCUT2D eigenvalue weighted by Gasteiger charge is -2.13. The van der Waals surface area contributed by atoms with E-state index >= 15 is 0 Å². The normalized spacial score (nSPS) is 12.1. The fourth-order valence-electron chi connectivity index (χ4n) is 2.96. The quantitative estimate of drug-likeness (QED) is 0.498. The van der Waals surface area contributed by atoms with E-state index in [-0.39, 0.29) is 11.6 Å². The van der Waals surface area contributed by atoms with E-state index in [0.29, 0.717) is 30.4 Å². The molecule has 140 valence electrons. The molecule has 0 amide bonds. The van der Waals surface area contributed by atoms with Gasteiger partial charge in [0.1, 0.15) is 18.2 Å². The Kier molecular flexibility index (Phi) is 5.93. The van der Waals surface area contributed by atoms with E-state index in [1.165, 1.54) is 24.3 Å². The molecule has 3 rings (SSSR count). The second kappa shape index (κ2) is 8.37. The van der Waals surface area contributed by atoms with Crippen molar-refractivity contribution in [1.29, 1.82) is 0 Å². The van der Waals surface area contributed by atoms with Gasteiger partial charge in [-0.15, -0.1) is 11.7 Å². The van der Waals surface area contributed by atoms with Crippen LogP contribution in [-0.2, 0) is 19.8 Å². The molecular weight excluding hydrogens is 366 g/mol. The molecule has 1 heterocycles. The Hall–Kier alpha value is -2.64. The largest absolute Gasteiger partial charge is 0.315 e. The van der Waals surface area contributed by atoms with Gasteiger partial charge in [0.15, 0.2) is 12.5 Å². The standard InChI is InChI=1S/C20H20F2N4S/c1-3-11-25-19(16-7-9-17(21)10-8-16)23-26(20(25)27)14-24(2)13-15-5-4-6-18(22)12-15/h3-10,12H,1,11,13-14H2,2H3/p+1. The smallest absolute Gasteiger partial charge is 0.203 e. The highest BCUT2D eigenvalue weighted by molar-refractivity contribution is 7.71. The Morgan fingerprint density at radius 2 is 1.89 bits per heavy atom. The van der Waals surface area contributed by atoms with E-state index in [9.17, 15) is 8.78 Å². The molecule has 1 atom stereocenters. The predicted molar refractivity (Wildman–Crippen MR) is 104 cm³/mol. The molecule has 0 spiro atoms. The Morgan fingerprint density at radius 1 is 1.15 bits per heavy atom. The first kappa shape index (κ1) is 19.1. The third-order valence-corrected chi connectivity index (χ3v) is 4.58. The first-order chi connectivity index (χ1) is 13.0. The molecule has 0 aliphatic carbocycles. The van der Waals surface area contributed by atoms with Gasteiger partial charge in [-0.05, 0) is 48.6 Å². The van der Waals surface area contributed by atoms with E-state index in [4.69, 9.17) is 12.2 Å². The van der Waals surface area contributed by atoms with Crippen molar-refractivity contribution >= 4 is 12.2 Å². The van der Waals surface area contributed by atoms with Gasteiger partial charge >= 0.3 is 0 Å². The number of aromatic nitrogens is 3. The summed E-state index contributed by atoms with van der Waals surface area (Å²) in [5, 5.41) is 4.64. The zero-order valence-electron chi connectivity index (χ0n) is 15.0. The lowest BCUT2D eigenvalue weighted by molar-refractivity contribution is -0.917. The number of rotatable bonds is 7. The molecule has 1 N–H and O–H groups in total. The van der Waals surface area contributed by atoms with Crippen molar-refractivity contribution in [3.05, 3.63) is 83.2 Å². The van der Waals surface area contributed by atoms with Crippen LogP contribution in [0.25, 0.3) is 11.4 Å². The molecule has 3 aromatic rings. The summed E-state index contributed by atoms with van der Waals surface area (Å²) in [5.74, 6) is 0.121. The maximum absolute atomic E-state index is 13.4. The number of halogens is 2. The molecule has 1 aromatic heterocycles. The summed E-state index contributed by atoms with van der Waals surface area (Å²) in [6.07, 6.45) is 1.75. The van der Waals surface area contributed by atoms with Crippen LogP contribution in [0.1, 0.15) is 5.56 Å². The summed E-state index contributed by atoms with van der Waals surface area (Å²) in [6, 6.07) is 12.7. The zero-order chi connectivity index (χ0) is 19.4. The number of hydrogen-bond donors (Lipinski definition) is 1. The van der Waals surface area contributed by atoms with Crippen molar-refractivity contribution in [3.8, 4) is 11.4 Å². The highest BCUT2D eigenvalue weighted by atomic mass is 32.1. The molecule has 0 aliphatic heterocycles. The number of benzene rings is 2. The number of nitrogens with one attached hydrogen (secondary N) is 1. The van der Waals surface area contributed by atoms with Gasteiger partial charge in [0, 0.05) is 17.7 Å². The Balaban J connectivity index is 1.87. The highest BCUT2D eigenvalue weighted by Crippen LogP contribution is 2.18. The maximum Gasteiger partial charge on any atom is 0.203 e. The molecule has 27 heavy (non-hydrogen) atoms. The molecule has 0 saturated heterocycles. The van der Waals surface area contributed by atoms with E-state index in [1.54, 1.807) is 29.0 Å². The lowest BCUT2D eigenvalue weighted by Crippen LogP contribution is -3.07. The SMILES string of the molecule is C=CCn1c(-c2ccc(F)cc2)nn(C[NH+](C)Cc2cccc(F)c2)c1=S. The van der Waals surface area contributed by atoms with E-state index in [1.807, 2.05) is 17.7 Å². The number of nitrogens with zero attached hydrogens (tertiary/aromatic N) is 3. The molecule has 0 fully saturated rings. The average molecular weight is 387 g/mol. The summed E-state index contributed by atoms with van der Waals surface area (Å²) in [7, 11) is 2.00. The van der Waals surface area contributed by atoms with Gasteiger partial charge < -0.3 is 4.90 Å². The van der Waals surface area contributed by atoms with Gasteiger partial charge in [0.25, 0.3) is 0 Å². The second-order valence-electron chi connectivity index (χ2n) is 6.43. The summed E-state index contributed by atoms with van der Waals surface area (Å²) in [6.45, 7) is 5.44. The van der Waals surface area contributed by atoms with Crippen LogP contribution >= 0.6 is 12.2 Å². The monoisotopic (exact) mass is 387 g/mol. The Morgan fingerprint density at radius 3 is 2.56 bits per heavy atom. The second-order valence-corrected chi connectivity index (χ2v) is 6.80. The van der Waals surface area contributed by atoms with Crippen LogP contribution in [0.5, 0.6) is 0 Å². The van der Waals surface area contributed by atoms with Crippen LogP contribution in [0.3, 0.4) is 0 Å². The van der Waals surface area contributed by atoms with Gasteiger partial charge in [0.2, 0.25) is 4.77 Å². The van der Waals surface area contributed by atoms with E-state index in [2.05, 4.69) is 11.7 Å². The summed E-state index contributed by atoms with van der Waals surface area (Å²) < 4.78 is 30.8. The molecule has 1 unspecified atom stereocenters. The molecule has 0 saturated carbocycles. The fourth-order valence-corrected chi connectivity index (χ4v) is 3.22. The van der Waals surface area contributed by atoms with Crippen LogP contribution in [0.4, 0.5) is 8.78 Å². The molecule has 4 nitrogen and oxygen atoms in total. The maximum atomic E-state index is 13.4. The number of hydrogen-bond acceptors (Lipinski definition) is 2. The van der Waals surface area contributed by atoms with Crippen LogP contribution in [0, 0.1) is 16.4 Å². The molecular formula is C20H21F2N4S+. The van der Waals surface area contributed by atoms with Crippen molar-refractivity contribution < 1.29 is 13.7 Å². The lowest BCUT2D eigenvalue weighted by atomic mass is 10.2. The topological polar surface area (TPSA) is 27.2 Å². The summed E-state index contributed by atoms with van der Waals surface area (Å²) >= 11 is 5.58. The van der Waals surface area contributed by atoms with Gasteiger partial charge in [-0.2, -0.15) is 4.68 Å². The van der Waals surface area contributed by atoms with Crippen molar-refractivity contribution in [2.24, 2.45) is 0 Å². The Bertz CT molecular complexity index is 992. The molecule has 2 aromatic carbocycles. The molecule has 0 bridgehead atoms. The minimum absolute atomic E-state index is 0.245. The highest BCUT2D eigenvalue weighted by Gasteiger charge is 2.15. The van der Waals surface area contributed by atoms with Crippen molar-refractivity contribution in [2.75, 3.05) is 7.05 Å². The minimum Gasteiger partial charge on any atom is -0.315 e. The van der Waals surface area contributed by atoms with Gasteiger partial charge in [0.05, 0.1) is 7.05 Å². The van der Waals surface area contributed by atoms with Crippen molar-refractivity contribution in [1.82, 2.24) is 14.3 Å². The first-order valence-corrected chi connectivity index (χ1v) is 8.99. The number of quaternary nitrogens is 1. The van der Waals surface area contributed by atoms with Gasteiger partial charge in [-0.25, -0.2) is 8.78 Å². The average Bonchev–Trinajstić information content (AvgIpc) is 2.92. The molecule has 0 aliphatic rings. The number of allylic oxidation sites excluding steroid dienone is 1. The third kappa shape index (κ3) is 4.56. The van der Waals surface area contributed by atoms with Crippen LogP contribution in [0.2, 0.25) is 0 Å². The van der Waals surface area contributed by atoms with Gasteiger partial charge in [-0.3, -0.25) is 4.57 Å². The van der Waals surface area contributed by atoms with Crippen LogP contribution in [0.15, 0.2) is 61.2 Å².